The monoisotopic (exact) mass is 178 g/mol. The SMILES string of the molecule is O=C1C[C@@H](COc2ccccc2)O1. The molecule has 0 spiro atoms. The standard InChI is InChI=1S/C10H10O3/c11-10-6-9(13-10)7-12-8-4-2-1-3-5-8/h1-5,9H,6-7H2/t9-/m0/s1. The van der Waals surface area contributed by atoms with Gasteiger partial charge in [0.1, 0.15) is 18.5 Å². The fourth-order valence-electron chi connectivity index (χ4n) is 1.16. The Morgan fingerprint density at radius 3 is 2.69 bits per heavy atom. The maximum atomic E-state index is 10.4. The first-order valence-corrected chi connectivity index (χ1v) is 4.22. The van der Waals surface area contributed by atoms with E-state index in [0.717, 1.165) is 5.75 Å². The van der Waals surface area contributed by atoms with Crippen LogP contribution in [-0.4, -0.2) is 18.7 Å². The van der Waals surface area contributed by atoms with Crippen LogP contribution in [0.5, 0.6) is 5.75 Å². The minimum absolute atomic E-state index is 0.0484. The van der Waals surface area contributed by atoms with E-state index in [1.807, 2.05) is 30.3 Å². The van der Waals surface area contributed by atoms with E-state index in [2.05, 4.69) is 0 Å². The predicted octanol–water partition coefficient (Wildman–Crippen LogP) is 1.38. The van der Waals surface area contributed by atoms with Gasteiger partial charge in [-0.25, -0.2) is 0 Å². The van der Waals surface area contributed by atoms with Crippen molar-refractivity contribution in [3.63, 3.8) is 0 Å². The Hall–Kier alpha value is -1.51. The molecule has 1 heterocycles. The van der Waals surface area contributed by atoms with Crippen LogP contribution in [0.3, 0.4) is 0 Å². The van der Waals surface area contributed by atoms with Gasteiger partial charge in [-0.3, -0.25) is 4.79 Å². The molecule has 0 N–H and O–H groups in total. The summed E-state index contributed by atoms with van der Waals surface area (Å²) in [6.45, 7) is 0.454. The van der Waals surface area contributed by atoms with Gasteiger partial charge >= 0.3 is 5.97 Å². The molecule has 1 saturated heterocycles. The average molecular weight is 178 g/mol. The number of benzene rings is 1. The van der Waals surface area contributed by atoms with Crippen LogP contribution in [0.2, 0.25) is 0 Å². The Balaban J connectivity index is 1.77. The second-order valence-corrected chi connectivity index (χ2v) is 2.94. The molecule has 0 amide bonds. The molecule has 1 aliphatic heterocycles. The first kappa shape index (κ1) is 8.10. The van der Waals surface area contributed by atoms with Crippen molar-refractivity contribution in [1.82, 2.24) is 0 Å². The molecule has 68 valence electrons. The largest absolute Gasteiger partial charge is 0.490 e. The summed E-state index contributed by atoms with van der Waals surface area (Å²) in [4.78, 5) is 10.4. The van der Waals surface area contributed by atoms with Crippen LogP contribution >= 0.6 is 0 Å². The van der Waals surface area contributed by atoms with Gasteiger partial charge in [-0.15, -0.1) is 0 Å². The van der Waals surface area contributed by atoms with E-state index >= 15 is 0 Å². The summed E-state index contributed by atoms with van der Waals surface area (Å²) in [6, 6.07) is 9.49. The minimum atomic E-state index is -0.137. The minimum Gasteiger partial charge on any atom is -0.490 e. The van der Waals surface area contributed by atoms with Crippen molar-refractivity contribution in [2.75, 3.05) is 6.61 Å². The zero-order chi connectivity index (χ0) is 9.10. The third kappa shape index (κ3) is 1.99. The van der Waals surface area contributed by atoms with Crippen molar-refractivity contribution in [2.45, 2.75) is 12.5 Å². The van der Waals surface area contributed by atoms with Crippen molar-refractivity contribution in [3.8, 4) is 5.75 Å². The summed E-state index contributed by atoms with van der Waals surface area (Å²) < 4.78 is 10.2. The smallest absolute Gasteiger partial charge is 0.310 e. The molecule has 1 fully saturated rings. The molecule has 13 heavy (non-hydrogen) atoms. The average Bonchev–Trinajstić information content (AvgIpc) is 2.12. The molecular formula is C10H10O3. The maximum absolute atomic E-state index is 10.4. The quantitative estimate of drug-likeness (QED) is 0.656. The number of para-hydroxylation sites is 1. The first-order valence-electron chi connectivity index (χ1n) is 4.22. The fourth-order valence-corrected chi connectivity index (χ4v) is 1.16. The van der Waals surface area contributed by atoms with Crippen LogP contribution in [0, 0.1) is 0 Å². The van der Waals surface area contributed by atoms with Crippen LogP contribution in [0.1, 0.15) is 6.42 Å². The van der Waals surface area contributed by atoms with Crippen LogP contribution in [0.25, 0.3) is 0 Å². The Morgan fingerprint density at radius 2 is 2.08 bits per heavy atom. The number of ether oxygens (including phenoxy) is 2. The molecule has 0 radical (unpaired) electrons. The van der Waals surface area contributed by atoms with Crippen LogP contribution in [0.15, 0.2) is 30.3 Å². The topological polar surface area (TPSA) is 35.5 Å². The third-order valence-electron chi connectivity index (χ3n) is 1.87. The number of hydrogen-bond donors (Lipinski definition) is 0. The molecule has 3 heteroatoms. The van der Waals surface area contributed by atoms with E-state index in [0.29, 0.717) is 13.0 Å². The van der Waals surface area contributed by atoms with Gasteiger partial charge in [-0.1, -0.05) is 18.2 Å². The highest BCUT2D eigenvalue weighted by molar-refractivity contribution is 5.75. The summed E-state index contributed by atoms with van der Waals surface area (Å²) >= 11 is 0. The molecule has 0 aromatic heterocycles. The molecule has 1 aromatic rings. The maximum Gasteiger partial charge on any atom is 0.310 e. The van der Waals surface area contributed by atoms with Crippen molar-refractivity contribution >= 4 is 5.97 Å². The second kappa shape index (κ2) is 3.47. The van der Waals surface area contributed by atoms with E-state index < -0.39 is 0 Å². The van der Waals surface area contributed by atoms with Gasteiger partial charge in [0.25, 0.3) is 0 Å². The number of esters is 1. The molecule has 1 aromatic carbocycles. The highest BCUT2D eigenvalue weighted by Crippen LogP contribution is 2.15. The van der Waals surface area contributed by atoms with E-state index in [1.165, 1.54) is 0 Å². The zero-order valence-corrected chi connectivity index (χ0v) is 7.10. The van der Waals surface area contributed by atoms with Crippen LogP contribution < -0.4 is 4.74 Å². The first-order chi connectivity index (χ1) is 6.34. The summed E-state index contributed by atoms with van der Waals surface area (Å²) in [5.41, 5.74) is 0. The number of cyclic esters (lactones) is 1. The van der Waals surface area contributed by atoms with Gasteiger partial charge in [0.15, 0.2) is 0 Å². The lowest BCUT2D eigenvalue weighted by molar-refractivity contribution is -0.172. The van der Waals surface area contributed by atoms with Gasteiger partial charge in [-0.2, -0.15) is 0 Å². The van der Waals surface area contributed by atoms with Gasteiger partial charge in [0.2, 0.25) is 0 Å². The molecule has 2 rings (SSSR count). The van der Waals surface area contributed by atoms with Crippen molar-refractivity contribution in [2.24, 2.45) is 0 Å². The summed E-state index contributed by atoms with van der Waals surface area (Å²) in [7, 11) is 0. The van der Waals surface area contributed by atoms with Crippen molar-refractivity contribution in [1.29, 1.82) is 0 Å². The Labute approximate surface area is 76.3 Å². The highest BCUT2D eigenvalue weighted by atomic mass is 16.6. The third-order valence-corrected chi connectivity index (χ3v) is 1.87. The summed E-state index contributed by atoms with van der Waals surface area (Å²) in [5.74, 6) is 0.673. The Bertz CT molecular complexity index is 286. The van der Waals surface area contributed by atoms with Crippen LogP contribution in [0.4, 0.5) is 0 Å². The summed E-state index contributed by atoms with van der Waals surface area (Å²) in [5, 5.41) is 0. The molecule has 3 nitrogen and oxygen atoms in total. The van der Waals surface area contributed by atoms with Gasteiger partial charge < -0.3 is 9.47 Å². The molecule has 0 bridgehead atoms. The van der Waals surface area contributed by atoms with E-state index in [-0.39, 0.29) is 12.1 Å². The summed E-state index contributed by atoms with van der Waals surface area (Å²) in [6.07, 6.45) is 0.431. The van der Waals surface area contributed by atoms with Gasteiger partial charge in [-0.05, 0) is 12.1 Å². The lowest BCUT2D eigenvalue weighted by atomic mass is 10.2. The number of carbonyl (C=O) groups excluding carboxylic acids is 1. The Kier molecular flexibility index (Phi) is 2.17. The lowest BCUT2D eigenvalue weighted by Crippen LogP contribution is -2.37. The number of rotatable bonds is 3. The van der Waals surface area contributed by atoms with E-state index in [9.17, 15) is 4.79 Å². The van der Waals surface area contributed by atoms with E-state index in [1.54, 1.807) is 0 Å². The number of hydrogen-bond acceptors (Lipinski definition) is 3. The molecular weight excluding hydrogens is 168 g/mol. The fraction of sp³-hybridized carbons (Fsp3) is 0.300. The molecule has 1 atom stereocenters. The van der Waals surface area contributed by atoms with Crippen molar-refractivity contribution in [3.05, 3.63) is 30.3 Å². The van der Waals surface area contributed by atoms with Gasteiger partial charge in [0.05, 0.1) is 6.42 Å². The van der Waals surface area contributed by atoms with E-state index in [4.69, 9.17) is 9.47 Å². The number of carbonyl (C=O) groups is 1. The molecule has 1 aliphatic rings. The Morgan fingerprint density at radius 1 is 1.38 bits per heavy atom. The lowest BCUT2D eigenvalue weighted by Gasteiger charge is -2.25. The predicted molar refractivity (Wildman–Crippen MR) is 46.4 cm³/mol. The second-order valence-electron chi connectivity index (χ2n) is 2.94. The van der Waals surface area contributed by atoms with Crippen molar-refractivity contribution < 1.29 is 14.3 Å². The zero-order valence-electron chi connectivity index (χ0n) is 7.10. The van der Waals surface area contributed by atoms with Crippen LogP contribution in [-0.2, 0) is 9.53 Å². The molecule has 0 aliphatic carbocycles. The normalized spacial score (nSPS) is 20.3. The highest BCUT2D eigenvalue weighted by Gasteiger charge is 2.28. The van der Waals surface area contributed by atoms with Gasteiger partial charge in [0, 0.05) is 0 Å². The molecule has 0 unspecified atom stereocenters. The molecule has 0 saturated carbocycles.